The number of anilines is 3. The SMILES string of the molecule is NC(=O)c1cc(F)c(N[C@H]2CCCC[C@H]2N)nc1Nc1cncc(-c2ccc3cnccc3c2)c1. The number of halogens is 1. The van der Waals surface area contributed by atoms with Crippen molar-refractivity contribution in [3.63, 3.8) is 0 Å². The summed E-state index contributed by atoms with van der Waals surface area (Å²) in [6.45, 7) is 0. The molecule has 1 amide bonds. The Hall–Kier alpha value is -4.11. The molecule has 2 atom stereocenters. The Morgan fingerprint density at radius 3 is 2.63 bits per heavy atom. The number of hydrogen-bond acceptors (Lipinski definition) is 7. The Kier molecular flexibility index (Phi) is 6.24. The van der Waals surface area contributed by atoms with Gasteiger partial charge in [-0.1, -0.05) is 25.0 Å². The van der Waals surface area contributed by atoms with E-state index in [9.17, 15) is 9.18 Å². The van der Waals surface area contributed by atoms with Crippen LogP contribution in [0.25, 0.3) is 21.9 Å². The molecule has 6 N–H and O–H groups in total. The maximum atomic E-state index is 14.8. The standard InChI is InChI=1S/C26H26FN7O/c27-21-11-20(24(29)35)25(34-26(21)33-23-4-2-1-3-22(23)28)32-19-10-18(13-31-14-19)15-5-6-17-12-30-8-7-16(17)9-15/h5-14,22-23H,1-4,28H2,(H2,29,35)(H2,32,33,34)/t22-,23+/m1/s1. The van der Waals surface area contributed by atoms with Gasteiger partial charge in [-0.05, 0) is 48.1 Å². The number of aromatic nitrogens is 3. The number of nitrogens with zero attached hydrogens (tertiary/aromatic N) is 3. The van der Waals surface area contributed by atoms with Crippen molar-refractivity contribution in [1.82, 2.24) is 15.0 Å². The summed E-state index contributed by atoms with van der Waals surface area (Å²) in [5, 5.41) is 8.32. The number of carbonyl (C=O) groups is 1. The average Bonchev–Trinajstić information content (AvgIpc) is 2.87. The summed E-state index contributed by atoms with van der Waals surface area (Å²) in [5.41, 5.74) is 14.1. The molecule has 3 heterocycles. The number of rotatable bonds is 6. The molecule has 4 aromatic rings. The van der Waals surface area contributed by atoms with Gasteiger partial charge in [0.2, 0.25) is 0 Å². The molecule has 0 saturated heterocycles. The quantitative estimate of drug-likeness (QED) is 0.329. The lowest BCUT2D eigenvalue weighted by Gasteiger charge is -2.30. The molecule has 0 spiro atoms. The van der Waals surface area contributed by atoms with E-state index in [0.29, 0.717) is 5.69 Å². The summed E-state index contributed by atoms with van der Waals surface area (Å²) in [7, 11) is 0. The van der Waals surface area contributed by atoms with Crippen LogP contribution < -0.4 is 22.1 Å². The van der Waals surface area contributed by atoms with E-state index in [0.717, 1.165) is 53.6 Å². The highest BCUT2D eigenvalue weighted by Crippen LogP contribution is 2.29. The van der Waals surface area contributed by atoms with Crippen molar-refractivity contribution < 1.29 is 9.18 Å². The second-order valence-corrected chi connectivity index (χ2v) is 8.80. The first-order chi connectivity index (χ1) is 17.0. The smallest absolute Gasteiger partial charge is 0.252 e. The van der Waals surface area contributed by atoms with Gasteiger partial charge in [0.25, 0.3) is 5.91 Å². The molecule has 1 aliphatic rings. The maximum absolute atomic E-state index is 14.8. The normalized spacial score (nSPS) is 17.8. The van der Waals surface area contributed by atoms with Gasteiger partial charge in [-0.15, -0.1) is 0 Å². The maximum Gasteiger partial charge on any atom is 0.252 e. The van der Waals surface area contributed by atoms with Crippen molar-refractivity contribution in [2.45, 2.75) is 37.8 Å². The van der Waals surface area contributed by atoms with E-state index in [-0.39, 0.29) is 29.3 Å². The molecule has 5 rings (SSSR count). The molecular formula is C26H26FN7O. The number of nitrogens with two attached hydrogens (primary N) is 2. The highest BCUT2D eigenvalue weighted by atomic mass is 19.1. The lowest BCUT2D eigenvalue weighted by Crippen LogP contribution is -2.43. The minimum Gasteiger partial charge on any atom is -0.365 e. The van der Waals surface area contributed by atoms with Crippen LogP contribution in [0.2, 0.25) is 0 Å². The molecule has 1 aliphatic carbocycles. The van der Waals surface area contributed by atoms with E-state index in [4.69, 9.17) is 11.5 Å². The molecule has 9 heteroatoms. The first-order valence-corrected chi connectivity index (χ1v) is 11.6. The zero-order valence-electron chi connectivity index (χ0n) is 19.0. The number of primary amides is 1. The molecule has 1 fully saturated rings. The van der Waals surface area contributed by atoms with E-state index in [1.807, 2.05) is 30.5 Å². The van der Waals surface area contributed by atoms with Crippen LogP contribution in [0.4, 0.5) is 21.7 Å². The zero-order chi connectivity index (χ0) is 24.4. The van der Waals surface area contributed by atoms with Gasteiger partial charge in [0.15, 0.2) is 11.6 Å². The van der Waals surface area contributed by atoms with Gasteiger partial charge < -0.3 is 22.1 Å². The van der Waals surface area contributed by atoms with Gasteiger partial charge in [-0.25, -0.2) is 9.37 Å². The first-order valence-electron chi connectivity index (χ1n) is 11.6. The van der Waals surface area contributed by atoms with Gasteiger partial charge in [0.1, 0.15) is 5.82 Å². The van der Waals surface area contributed by atoms with Crippen LogP contribution in [0.3, 0.4) is 0 Å². The summed E-state index contributed by atoms with van der Waals surface area (Å²) in [6, 6.07) is 10.8. The first kappa shape index (κ1) is 22.7. The molecule has 1 aromatic carbocycles. The monoisotopic (exact) mass is 471 g/mol. The highest BCUT2D eigenvalue weighted by molar-refractivity contribution is 5.98. The van der Waals surface area contributed by atoms with Gasteiger partial charge in [0, 0.05) is 41.6 Å². The van der Waals surface area contributed by atoms with Crippen LogP contribution in [0.1, 0.15) is 36.0 Å². The number of hydrogen-bond donors (Lipinski definition) is 4. The van der Waals surface area contributed by atoms with Crippen LogP contribution in [0.15, 0.2) is 61.2 Å². The largest absolute Gasteiger partial charge is 0.365 e. The number of pyridine rings is 3. The van der Waals surface area contributed by atoms with Crippen LogP contribution in [-0.2, 0) is 0 Å². The Bertz CT molecular complexity index is 1390. The topological polar surface area (TPSA) is 132 Å². The molecule has 178 valence electrons. The van der Waals surface area contributed by atoms with Crippen molar-refractivity contribution >= 4 is 34.0 Å². The third-order valence-electron chi connectivity index (χ3n) is 6.36. The van der Waals surface area contributed by atoms with E-state index in [1.54, 1.807) is 18.6 Å². The lowest BCUT2D eigenvalue weighted by atomic mass is 9.91. The minimum atomic E-state index is -0.785. The average molecular weight is 472 g/mol. The van der Waals surface area contributed by atoms with Crippen LogP contribution in [0, 0.1) is 5.82 Å². The molecule has 0 unspecified atom stereocenters. The molecule has 0 bridgehead atoms. The van der Waals surface area contributed by atoms with E-state index >= 15 is 0 Å². The summed E-state index contributed by atoms with van der Waals surface area (Å²) >= 11 is 0. The van der Waals surface area contributed by atoms with Crippen LogP contribution in [0.5, 0.6) is 0 Å². The predicted molar refractivity (Wildman–Crippen MR) is 135 cm³/mol. The van der Waals surface area contributed by atoms with Gasteiger partial charge in [-0.2, -0.15) is 0 Å². The van der Waals surface area contributed by atoms with Crippen molar-refractivity contribution in [2.75, 3.05) is 10.6 Å². The molecule has 0 radical (unpaired) electrons. The van der Waals surface area contributed by atoms with Crippen LogP contribution >= 0.6 is 0 Å². The predicted octanol–water partition coefficient (Wildman–Crippen LogP) is 4.36. The summed E-state index contributed by atoms with van der Waals surface area (Å²) in [4.78, 5) is 24.9. The Morgan fingerprint density at radius 1 is 0.943 bits per heavy atom. The van der Waals surface area contributed by atoms with Crippen molar-refractivity contribution in [3.8, 4) is 11.1 Å². The van der Waals surface area contributed by atoms with Gasteiger partial charge in [-0.3, -0.25) is 14.8 Å². The third kappa shape index (κ3) is 4.90. The Labute approximate surface area is 202 Å². The second kappa shape index (κ2) is 9.63. The number of fused-ring (bicyclic) bond motifs is 1. The number of benzene rings is 1. The zero-order valence-corrected chi connectivity index (χ0v) is 19.0. The fraction of sp³-hybridized carbons (Fsp3) is 0.231. The minimum absolute atomic E-state index is 0.0344. The summed E-state index contributed by atoms with van der Waals surface area (Å²) in [5.74, 6) is -1.26. The fourth-order valence-corrected chi connectivity index (χ4v) is 4.45. The summed E-state index contributed by atoms with van der Waals surface area (Å²) < 4.78 is 14.8. The summed E-state index contributed by atoms with van der Waals surface area (Å²) in [6.07, 6.45) is 10.7. The van der Waals surface area contributed by atoms with Crippen molar-refractivity contribution in [2.24, 2.45) is 11.5 Å². The second-order valence-electron chi connectivity index (χ2n) is 8.80. The molecule has 0 aliphatic heterocycles. The fourth-order valence-electron chi connectivity index (χ4n) is 4.45. The lowest BCUT2D eigenvalue weighted by molar-refractivity contribution is 0.100. The third-order valence-corrected chi connectivity index (χ3v) is 6.36. The van der Waals surface area contributed by atoms with Crippen LogP contribution in [-0.4, -0.2) is 32.9 Å². The van der Waals surface area contributed by atoms with E-state index in [1.165, 1.54) is 0 Å². The van der Waals surface area contributed by atoms with Gasteiger partial charge in [0.05, 0.1) is 17.4 Å². The number of carbonyl (C=O) groups excluding carboxylic acids is 1. The molecule has 1 saturated carbocycles. The molecular weight excluding hydrogens is 445 g/mol. The Balaban J connectivity index is 1.46. The Morgan fingerprint density at radius 2 is 1.80 bits per heavy atom. The molecule has 3 aromatic heterocycles. The molecule has 8 nitrogen and oxygen atoms in total. The van der Waals surface area contributed by atoms with Gasteiger partial charge >= 0.3 is 0 Å². The van der Waals surface area contributed by atoms with Crippen molar-refractivity contribution in [3.05, 3.63) is 72.6 Å². The molecule has 35 heavy (non-hydrogen) atoms. The van der Waals surface area contributed by atoms with Crippen molar-refractivity contribution in [1.29, 1.82) is 0 Å². The van der Waals surface area contributed by atoms with E-state index < -0.39 is 11.7 Å². The number of amides is 1. The van der Waals surface area contributed by atoms with E-state index in [2.05, 4.69) is 31.7 Å². The number of nitrogens with one attached hydrogen (secondary N) is 2. The highest BCUT2D eigenvalue weighted by Gasteiger charge is 2.24.